The van der Waals surface area contributed by atoms with E-state index in [1.165, 1.54) is 17.0 Å². The molecule has 3 aromatic rings. The van der Waals surface area contributed by atoms with E-state index in [0.717, 1.165) is 4.31 Å². The molecule has 1 N–H and O–H groups in total. The van der Waals surface area contributed by atoms with Crippen molar-refractivity contribution < 1.29 is 18.0 Å². The molecule has 0 aromatic heterocycles. The number of hydrogen-bond donors (Lipinski definition) is 1. The van der Waals surface area contributed by atoms with Crippen molar-refractivity contribution in [2.45, 2.75) is 57.6 Å². The molecule has 0 bridgehead atoms. The molecule has 0 aliphatic carbocycles. The van der Waals surface area contributed by atoms with Crippen LogP contribution in [0.5, 0.6) is 0 Å². The van der Waals surface area contributed by atoms with E-state index in [2.05, 4.69) is 5.32 Å². The van der Waals surface area contributed by atoms with Crippen LogP contribution in [0.15, 0.2) is 71.6 Å². The van der Waals surface area contributed by atoms with Gasteiger partial charge in [0.05, 0.1) is 10.6 Å². The summed E-state index contributed by atoms with van der Waals surface area (Å²) in [5, 5.41) is 4.04. The zero-order chi connectivity index (χ0) is 29.6. The molecule has 0 aliphatic heterocycles. The van der Waals surface area contributed by atoms with Gasteiger partial charge in [-0.05, 0) is 80.8 Å². The van der Waals surface area contributed by atoms with Crippen molar-refractivity contribution in [1.82, 2.24) is 10.2 Å². The number of hydrogen-bond acceptors (Lipinski definition) is 4. The van der Waals surface area contributed by atoms with Crippen LogP contribution in [-0.4, -0.2) is 43.8 Å². The average Bonchev–Trinajstić information content (AvgIpc) is 2.88. The molecule has 0 radical (unpaired) electrons. The van der Waals surface area contributed by atoms with E-state index < -0.39 is 28.5 Å². The Labute approximate surface area is 251 Å². The fraction of sp³-hybridized carbons (Fsp3) is 0.310. The van der Waals surface area contributed by atoms with E-state index >= 15 is 0 Å². The van der Waals surface area contributed by atoms with Gasteiger partial charge in [-0.2, -0.15) is 0 Å². The van der Waals surface area contributed by atoms with Gasteiger partial charge >= 0.3 is 0 Å². The van der Waals surface area contributed by atoms with Crippen molar-refractivity contribution in [2.24, 2.45) is 0 Å². The van der Waals surface area contributed by atoms with Crippen LogP contribution in [0.3, 0.4) is 0 Å². The maximum absolute atomic E-state index is 14.1. The number of benzene rings is 3. The molecule has 0 fully saturated rings. The van der Waals surface area contributed by atoms with Gasteiger partial charge in [-0.15, -0.1) is 0 Å². The van der Waals surface area contributed by atoms with Gasteiger partial charge in [0.25, 0.3) is 10.0 Å². The van der Waals surface area contributed by atoms with Crippen molar-refractivity contribution in [1.29, 1.82) is 0 Å². The number of carbonyl (C=O) groups is 2. The van der Waals surface area contributed by atoms with Gasteiger partial charge < -0.3 is 10.2 Å². The largest absolute Gasteiger partial charge is 0.352 e. The van der Waals surface area contributed by atoms with E-state index in [9.17, 15) is 18.0 Å². The summed E-state index contributed by atoms with van der Waals surface area (Å²) in [5.41, 5.74) is 1.43. The van der Waals surface area contributed by atoms with Gasteiger partial charge in [-0.3, -0.25) is 13.9 Å². The van der Waals surface area contributed by atoms with E-state index in [-0.39, 0.29) is 23.4 Å². The Morgan fingerprint density at radius 3 is 2.12 bits per heavy atom. The molecule has 2 amide bonds. The highest BCUT2D eigenvalue weighted by molar-refractivity contribution is 7.92. The molecule has 0 saturated heterocycles. The third-order valence-corrected chi connectivity index (χ3v) is 8.81. The minimum absolute atomic E-state index is 0.0223. The molecule has 7 nitrogen and oxygen atoms in total. The second kappa shape index (κ2) is 13.7. The Hall–Kier alpha value is -2.78. The SMILES string of the molecule is CC[C@@H](C(=O)NC(C)C)N(Cc1ccc(Cl)cc1Cl)C(=O)CN(c1ccc(Cl)cc1C)S(=O)(=O)c1ccccc1. The van der Waals surface area contributed by atoms with Crippen LogP contribution in [-0.2, 0) is 26.2 Å². The number of halogens is 3. The van der Waals surface area contributed by atoms with Crippen molar-refractivity contribution in [3.63, 3.8) is 0 Å². The lowest BCUT2D eigenvalue weighted by Gasteiger charge is -2.34. The monoisotopic (exact) mass is 623 g/mol. The number of aryl methyl sites for hydroxylation is 1. The fourth-order valence-corrected chi connectivity index (χ4v) is 6.46. The maximum Gasteiger partial charge on any atom is 0.264 e. The van der Waals surface area contributed by atoms with Gasteiger partial charge in [-0.25, -0.2) is 8.42 Å². The summed E-state index contributed by atoms with van der Waals surface area (Å²) in [5.74, 6) is -0.929. The number of rotatable bonds is 11. The van der Waals surface area contributed by atoms with Gasteiger partial charge in [0, 0.05) is 27.7 Å². The average molecular weight is 625 g/mol. The van der Waals surface area contributed by atoms with Crippen LogP contribution in [0.25, 0.3) is 0 Å². The lowest BCUT2D eigenvalue weighted by molar-refractivity contribution is -0.140. The summed E-state index contributed by atoms with van der Waals surface area (Å²) in [6.45, 7) is 6.56. The number of nitrogens with zero attached hydrogens (tertiary/aromatic N) is 2. The predicted molar refractivity (Wildman–Crippen MR) is 162 cm³/mol. The summed E-state index contributed by atoms with van der Waals surface area (Å²) < 4.78 is 28.9. The Bertz CT molecular complexity index is 1470. The number of carbonyl (C=O) groups excluding carboxylic acids is 2. The van der Waals surface area contributed by atoms with Crippen LogP contribution in [0.4, 0.5) is 5.69 Å². The van der Waals surface area contributed by atoms with Crippen LogP contribution >= 0.6 is 34.8 Å². The summed E-state index contributed by atoms with van der Waals surface area (Å²) >= 11 is 18.7. The second-order valence-electron chi connectivity index (χ2n) is 9.60. The van der Waals surface area contributed by atoms with Gasteiger partial charge in [0.15, 0.2) is 0 Å². The molecule has 0 unspecified atom stereocenters. The highest BCUT2D eigenvalue weighted by atomic mass is 35.5. The number of nitrogens with one attached hydrogen (secondary N) is 1. The van der Waals surface area contributed by atoms with Gasteiger partial charge in [-0.1, -0.05) is 66.0 Å². The highest BCUT2D eigenvalue weighted by Crippen LogP contribution is 2.30. The zero-order valence-electron chi connectivity index (χ0n) is 22.7. The Balaban J connectivity index is 2.11. The van der Waals surface area contributed by atoms with Crippen molar-refractivity contribution in [3.05, 3.63) is 92.9 Å². The first kappa shape index (κ1) is 31.7. The number of anilines is 1. The maximum atomic E-state index is 14.1. The van der Waals surface area contributed by atoms with Gasteiger partial charge in [0.2, 0.25) is 11.8 Å². The standard InChI is InChI=1S/C29H32Cl3N3O4S/c1-5-26(29(37)33-19(2)3)34(17-21-11-12-23(31)16-25(21)32)28(36)18-35(27-14-13-22(30)15-20(27)4)40(38,39)24-9-7-6-8-10-24/h6-16,19,26H,5,17-18H2,1-4H3,(H,33,37)/t26-/m0/s1. The highest BCUT2D eigenvalue weighted by Gasteiger charge is 2.34. The molecule has 40 heavy (non-hydrogen) atoms. The Morgan fingerprint density at radius 2 is 1.55 bits per heavy atom. The molecular weight excluding hydrogens is 593 g/mol. The topological polar surface area (TPSA) is 86.8 Å². The quantitative estimate of drug-likeness (QED) is 0.265. The Morgan fingerprint density at radius 1 is 0.925 bits per heavy atom. The van der Waals surface area contributed by atoms with E-state index in [1.807, 2.05) is 13.8 Å². The third kappa shape index (κ3) is 7.69. The summed E-state index contributed by atoms with van der Waals surface area (Å²) in [4.78, 5) is 28.7. The first-order valence-corrected chi connectivity index (χ1v) is 15.3. The third-order valence-electron chi connectivity index (χ3n) is 6.21. The van der Waals surface area contributed by atoms with Crippen LogP contribution in [0.2, 0.25) is 15.1 Å². The molecule has 0 aliphatic rings. The van der Waals surface area contributed by atoms with Crippen LogP contribution in [0.1, 0.15) is 38.3 Å². The predicted octanol–water partition coefficient (Wildman–Crippen LogP) is 6.48. The van der Waals surface area contributed by atoms with E-state index in [4.69, 9.17) is 34.8 Å². The molecule has 1 atom stereocenters. The van der Waals surface area contributed by atoms with Crippen LogP contribution in [0, 0.1) is 6.92 Å². The molecule has 0 spiro atoms. The Kier molecular flexibility index (Phi) is 10.9. The summed E-state index contributed by atoms with van der Waals surface area (Å²) in [6.07, 6.45) is 0.293. The number of sulfonamides is 1. The molecule has 11 heteroatoms. The van der Waals surface area contributed by atoms with Crippen molar-refractivity contribution in [2.75, 3.05) is 10.8 Å². The van der Waals surface area contributed by atoms with Crippen molar-refractivity contribution >= 4 is 62.3 Å². The summed E-state index contributed by atoms with van der Waals surface area (Å²) in [6, 6.07) is 16.5. The molecule has 214 valence electrons. The lowest BCUT2D eigenvalue weighted by Crippen LogP contribution is -2.53. The molecular formula is C29H32Cl3N3O4S. The smallest absolute Gasteiger partial charge is 0.264 e. The molecule has 3 rings (SSSR count). The minimum atomic E-state index is -4.18. The summed E-state index contributed by atoms with van der Waals surface area (Å²) in [7, 11) is -4.18. The van der Waals surface area contributed by atoms with E-state index in [1.54, 1.807) is 68.4 Å². The lowest BCUT2D eigenvalue weighted by atomic mass is 10.1. The van der Waals surface area contributed by atoms with E-state index in [0.29, 0.717) is 38.3 Å². The zero-order valence-corrected chi connectivity index (χ0v) is 25.8. The molecule has 0 saturated carbocycles. The minimum Gasteiger partial charge on any atom is -0.352 e. The fourth-order valence-electron chi connectivity index (χ4n) is 4.27. The van der Waals surface area contributed by atoms with Gasteiger partial charge in [0.1, 0.15) is 12.6 Å². The number of amides is 2. The molecule has 3 aromatic carbocycles. The normalized spacial score (nSPS) is 12.2. The first-order chi connectivity index (χ1) is 18.8. The van der Waals surface area contributed by atoms with Crippen molar-refractivity contribution in [3.8, 4) is 0 Å². The second-order valence-corrected chi connectivity index (χ2v) is 12.7. The molecule has 0 heterocycles. The van der Waals surface area contributed by atoms with Crippen LogP contribution < -0.4 is 9.62 Å². The first-order valence-electron chi connectivity index (χ1n) is 12.7.